The van der Waals surface area contributed by atoms with Crippen molar-refractivity contribution in [3.05, 3.63) is 42.0 Å². The zero-order valence-electron chi connectivity index (χ0n) is 8.03. The van der Waals surface area contributed by atoms with Crippen LogP contribution in [0.25, 0.3) is 6.08 Å². The molecule has 58 valence electrons. The maximum absolute atomic E-state index is 10.3. The van der Waals surface area contributed by atoms with Crippen LogP contribution < -0.4 is 35.3 Å². The molecule has 1 rings (SSSR count). The largest absolute Gasteiger partial charge is 1.00 e. The van der Waals surface area contributed by atoms with Crippen molar-refractivity contribution in [2.45, 2.75) is 0 Å². The first-order chi connectivity index (χ1) is 5.29. The maximum atomic E-state index is 10.3. The molecule has 0 unspecified atom stereocenters. The quantitative estimate of drug-likeness (QED) is 0.418. The Morgan fingerprint density at radius 3 is 2.42 bits per heavy atom. The van der Waals surface area contributed by atoms with Crippen LogP contribution in [0.3, 0.4) is 0 Å². The Hall–Kier alpha value is -0.570. The molecule has 1 amide bonds. The monoisotopic (exact) mass is 171 g/mol. The number of carbonyl (C=O) groups is 1. The van der Waals surface area contributed by atoms with Gasteiger partial charge in [0.2, 0.25) is 5.91 Å². The van der Waals surface area contributed by atoms with E-state index in [4.69, 9.17) is 5.73 Å². The van der Waals surface area contributed by atoms with Crippen LogP contribution in [-0.4, -0.2) is 5.91 Å². The van der Waals surface area contributed by atoms with Crippen molar-refractivity contribution < 1.29 is 35.8 Å². The van der Waals surface area contributed by atoms with Gasteiger partial charge < -0.3 is 7.16 Å². The molecule has 0 bridgehead atoms. The van der Waals surface area contributed by atoms with E-state index < -0.39 is 5.91 Å². The summed E-state index contributed by atoms with van der Waals surface area (Å²) in [4.78, 5) is 10.3. The van der Waals surface area contributed by atoms with Gasteiger partial charge in [-0.15, -0.1) is 0 Å². The van der Waals surface area contributed by atoms with E-state index in [1.165, 1.54) is 6.08 Å². The fourth-order valence-electron chi connectivity index (χ4n) is 0.743. The van der Waals surface area contributed by atoms with E-state index in [2.05, 4.69) is 0 Å². The number of hydrogen-bond donors (Lipinski definition) is 1. The molecule has 0 saturated heterocycles. The minimum atomic E-state index is -0.422. The predicted octanol–water partition coefficient (Wildman–Crippen LogP) is -1.70. The third-order valence-electron chi connectivity index (χ3n) is 1.24. The standard InChI is InChI=1S/C9H9NO.Na.H/c10-9(11)7-6-8-4-2-1-3-5-8;;/h1-7H,(H2,10,11);;/q;+1;-1. The third kappa shape index (κ3) is 4.34. The molecule has 1 aromatic carbocycles. The van der Waals surface area contributed by atoms with Crippen molar-refractivity contribution in [2.75, 3.05) is 0 Å². The third-order valence-corrected chi connectivity index (χ3v) is 1.24. The van der Waals surface area contributed by atoms with Crippen molar-refractivity contribution in [1.82, 2.24) is 0 Å². The summed E-state index contributed by atoms with van der Waals surface area (Å²) in [6, 6.07) is 9.53. The van der Waals surface area contributed by atoms with Crippen molar-refractivity contribution in [1.29, 1.82) is 0 Å². The molecule has 1 aromatic rings. The first kappa shape index (κ1) is 11.4. The van der Waals surface area contributed by atoms with Gasteiger partial charge >= 0.3 is 29.6 Å². The van der Waals surface area contributed by atoms with Crippen molar-refractivity contribution in [2.24, 2.45) is 5.73 Å². The summed E-state index contributed by atoms with van der Waals surface area (Å²) < 4.78 is 0. The molecule has 0 aliphatic heterocycles. The molecule has 0 atom stereocenters. The second-order valence-corrected chi connectivity index (χ2v) is 2.15. The maximum Gasteiger partial charge on any atom is 1.00 e. The SMILES string of the molecule is NC(=O)C=Cc1ccccc1.[H-].[Na+]. The Labute approximate surface area is 95.2 Å². The van der Waals surface area contributed by atoms with Gasteiger partial charge in [0.1, 0.15) is 0 Å². The zero-order chi connectivity index (χ0) is 8.10. The molecule has 0 spiro atoms. The Bertz CT molecular complexity index is 274. The van der Waals surface area contributed by atoms with Crippen LogP contribution in [0.5, 0.6) is 0 Å². The van der Waals surface area contributed by atoms with Crippen LogP contribution in [0.1, 0.15) is 6.99 Å². The summed E-state index contributed by atoms with van der Waals surface area (Å²) in [5.41, 5.74) is 5.89. The molecule has 0 fully saturated rings. The number of rotatable bonds is 2. The minimum absolute atomic E-state index is 0. The predicted molar refractivity (Wildman–Crippen MR) is 45.8 cm³/mol. The molecule has 0 saturated carbocycles. The molecule has 0 aromatic heterocycles. The fourth-order valence-corrected chi connectivity index (χ4v) is 0.743. The first-order valence-corrected chi connectivity index (χ1v) is 3.31. The Morgan fingerprint density at radius 1 is 1.33 bits per heavy atom. The van der Waals surface area contributed by atoms with Gasteiger partial charge in [-0.05, 0) is 11.6 Å². The molecule has 2 N–H and O–H groups in total. The summed E-state index contributed by atoms with van der Waals surface area (Å²) in [6.07, 6.45) is 3.03. The van der Waals surface area contributed by atoms with E-state index in [0.29, 0.717) is 0 Å². The van der Waals surface area contributed by atoms with Gasteiger partial charge in [0.15, 0.2) is 0 Å². The van der Waals surface area contributed by atoms with E-state index in [0.717, 1.165) is 5.56 Å². The molecular weight excluding hydrogens is 161 g/mol. The molecule has 3 heteroatoms. The van der Waals surface area contributed by atoms with E-state index >= 15 is 0 Å². The number of hydrogen-bond acceptors (Lipinski definition) is 1. The van der Waals surface area contributed by atoms with E-state index in [-0.39, 0.29) is 31.0 Å². The number of carbonyl (C=O) groups excluding carboxylic acids is 1. The van der Waals surface area contributed by atoms with Gasteiger partial charge in [0.05, 0.1) is 0 Å². The van der Waals surface area contributed by atoms with Crippen LogP contribution in [0.4, 0.5) is 0 Å². The minimum Gasteiger partial charge on any atom is -1.00 e. The normalized spacial score (nSPS) is 9.33. The van der Waals surface area contributed by atoms with E-state index in [1.54, 1.807) is 6.08 Å². The Balaban J connectivity index is 0. The van der Waals surface area contributed by atoms with Crippen LogP contribution >= 0.6 is 0 Å². The molecule has 0 aliphatic carbocycles. The Morgan fingerprint density at radius 2 is 1.92 bits per heavy atom. The zero-order valence-corrected chi connectivity index (χ0v) is 9.03. The summed E-state index contributed by atoms with van der Waals surface area (Å²) in [5, 5.41) is 0. The average Bonchev–Trinajstić information content (AvgIpc) is 2.03. The van der Waals surface area contributed by atoms with Gasteiger partial charge in [-0.1, -0.05) is 30.3 Å². The second kappa shape index (κ2) is 6.00. The summed E-state index contributed by atoms with van der Waals surface area (Å²) in [5.74, 6) is -0.422. The van der Waals surface area contributed by atoms with Gasteiger partial charge in [0.25, 0.3) is 0 Å². The van der Waals surface area contributed by atoms with Crippen LogP contribution in [0, 0.1) is 0 Å². The molecule has 0 aliphatic rings. The Kier molecular flexibility index (Phi) is 5.72. The number of amides is 1. The van der Waals surface area contributed by atoms with Crippen molar-refractivity contribution >= 4 is 12.0 Å². The van der Waals surface area contributed by atoms with Gasteiger partial charge in [-0.2, -0.15) is 0 Å². The number of primary amides is 1. The fraction of sp³-hybridized carbons (Fsp3) is 0. The summed E-state index contributed by atoms with van der Waals surface area (Å²) in [7, 11) is 0. The van der Waals surface area contributed by atoms with Crippen molar-refractivity contribution in [3.8, 4) is 0 Å². The number of benzene rings is 1. The topological polar surface area (TPSA) is 43.1 Å². The van der Waals surface area contributed by atoms with E-state index in [9.17, 15) is 4.79 Å². The second-order valence-electron chi connectivity index (χ2n) is 2.15. The van der Waals surface area contributed by atoms with Gasteiger partial charge in [-0.25, -0.2) is 0 Å². The molecule has 12 heavy (non-hydrogen) atoms. The average molecular weight is 171 g/mol. The van der Waals surface area contributed by atoms with Crippen molar-refractivity contribution in [3.63, 3.8) is 0 Å². The summed E-state index contributed by atoms with van der Waals surface area (Å²) >= 11 is 0. The first-order valence-electron chi connectivity index (χ1n) is 3.31. The molecule has 0 radical (unpaired) electrons. The smallest absolute Gasteiger partial charge is 1.00 e. The van der Waals surface area contributed by atoms with Gasteiger partial charge in [0, 0.05) is 6.08 Å². The van der Waals surface area contributed by atoms with Crippen LogP contribution in [0.15, 0.2) is 36.4 Å². The molecular formula is C9H10NNaO. The van der Waals surface area contributed by atoms with Gasteiger partial charge in [-0.3, -0.25) is 4.79 Å². The summed E-state index contributed by atoms with van der Waals surface area (Å²) in [6.45, 7) is 0. The van der Waals surface area contributed by atoms with E-state index in [1.807, 2.05) is 30.3 Å². The molecule has 2 nitrogen and oxygen atoms in total. The number of nitrogens with two attached hydrogens (primary N) is 1. The van der Waals surface area contributed by atoms with Crippen LogP contribution in [0.2, 0.25) is 0 Å². The van der Waals surface area contributed by atoms with Crippen LogP contribution in [-0.2, 0) is 4.79 Å². The molecule has 0 heterocycles.